The van der Waals surface area contributed by atoms with Gasteiger partial charge in [-0.15, -0.1) is 5.10 Å². The van der Waals surface area contributed by atoms with Crippen LogP contribution in [0.4, 0.5) is 20.3 Å². The zero-order chi connectivity index (χ0) is 13.1. The number of nitrogens with one attached hydrogen (secondary N) is 1. The molecule has 7 heteroatoms. The number of nitrogens with zero attached hydrogens (tertiary/aromatic N) is 3. The van der Waals surface area contributed by atoms with Gasteiger partial charge in [-0.25, -0.2) is 8.78 Å². The Labute approximate surface area is 109 Å². The quantitative estimate of drug-likeness (QED) is 0.925. The molecule has 0 aliphatic carbocycles. The minimum Gasteiger partial charge on any atom is -0.334 e. The predicted molar refractivity (Wildman–Crippen MR) is 64.1 cm³/mol. The van der Waals surface area contributed by atoms with Gasteiger partial charge < -0.3 is 5.32 Å². The van der Waals surface area contributed by atoms with E-state index in [9.17, 15) is 8.78 Å². The first kappa shape index (κ1) is 12.4. The summed E-state index contributed by atoms with van der Waals surface area (Å²) in [6.45, 7) is 0. The summed E-state index contributed by atoms with van der Waals surface area (Å²) in [6.07, 6.45) is 1.35. The molecule has 0 saturated heterocycles. The van der Waals surface area contributed by atoms with Crippen LogP contribution in [0, 0.1) is 23.0 Å². The van der Waals surface area contributed by atoms with Crippen LogP contribution in [-0.2, 0) is 0 Å². The third kappa shape index (κ3) is 2.43. The molecule has 0 unspecified atom stereocenters. The summed E-state index contributed by atoms with van der Waals surface area (Å²) in [6, 6.07) is 5.16. The van der Waals surface area contributed by atoms with Crippen molar-refractivity contribution in [3.05, 3.63) is 46.1 Å². The van der Waals surface area contributed by atoms with Gasteiger partial charge in [-0.05, 0) is 28.1 Å². The van der Waals surface area contributed by atoms with Crippen molar-refractivity contribution in [3.63, 3.8) is 0 Å². The number of rotatable bonds is 2. The SMILES string of the molecule is N#Cc1ccnnc1Nc1c(F)cc(F)cc1Br. The van der Waals surface area contributed by atoms with Crippen molar-refractivity contribution in [2.75, 3.05) is 5.32 Å². The Morgan fingerprint density at radius 3 is 2.78 bits per heavy atom. The average molecular weight is 311 g/mol. The molecule has 0 spiro atoms. The van der Waals surface area contributed by atoms with Gasteiger partial charge in [0.2, 0.25) is 0 Å². The maximum absolute atomic E-state index is 13.6. The highest BCUT2D eigenvalue weighted by molar-refractivity contribution is 9.10. The van der Waals surface area contributed by atoms with E-state index in [-0.39, 0.29) is 21.5 Å². The Hall–Kier alpha value is -2.07. The Morgan fingerprint density at radius 2 is 2.11 bits per heavy atom. The van der Waals surface area contributed by atoms with E-state index in [0.29, 0.717) is 0 Å². The first-order valence-electron chi connectivity index (χ1n) is 4.75. The second kappa shape index (κ2) is 5.06. The molecule has 0 amide bonds. The minimum absolute atomic E-state index is 0.00611. The van der Waals surface area contributed by atoms with E-state index >= 15 is 0 Å². The zero-order valence-electron chi connectivity index (χ0n) is 8.78. The third-order valence-electron chi connectivity index (χ3n) is 2.09. The lowest BCUT2D eigenvalue weighted by molar-refractivity contribution is 0.584. The summed E-state index contributed by atoms with van der Waals surface area (Å²) < 4.78 is 26.7. The number of hydrogen-bond acceptors (Lipinski definition) is 4. The van der Waals surface area contributed by atoms with Gasteiger partial charge in [0.1, 0.15) is 11.9 Å². The van der Waals surface area contributed by atoms with Crippen molar-refractivity contribution >= 4 is 27.4 Å². The number of halogens is 3. The van der Waals surface area contributed by atoms with Crippen molar-refractivity contribution in [3.8, 4) is 6.07 Å². The summed E-state index contributed by atoms with van der Waals surface area (Å²) in [7, 11) is 0. The number of nitriles is 1. The predicted octanol–water partition coefficient (Wildman–Crippen LogP) is 3.13. The molecule has 0 saturated carbocycles. The van der Waals surface area contributed by atoms with Gasteiger partial charge in [0.05, 0.1) is 17.4 Å². The molecule has 1 aromatic heterocycles. The van der Waals surface area contributed by atoms with Gasteiger partial charge in [0, 0.05) is 10.5 Å². The highest BCUT2D eigenvalue weighted by Gasteiger charge is 2.12. The summed E-state index contributed by atoms with van der Waals surface area (Å²) in [5.74, 6) is -1.40. The monoisotopic (exact) mass is 310 g/mol. The Bertz CT molecular complexity index is 616. The summed E-state index contributed by atoms with van der Waals surface area (Å²) >= 11 is 3.03. The molecule has 0 radical (unpaired) electrons. The topological polar surface area (TPSA) is 61.6 Å². The van der Waals surface area contributed by atoms with Gasteiger partial charge in [-0.2, -0.15) is 10.4 Å². The molecule has 1 aromatic carbocycles. The van der Waals surface area contributed by atoms with E-state index in [1.807, 2.05) is 6.07 Å². The van der Waals surface area contributed by atoms with E-state index < -0.39 is 11.6 Å². The van der Waals surface area contributed by atoms with E-state index in [1.165, 1.54) is 12.3 Å². The molecule has 90 valence electrons. The number of hydrogen-bond donors (Lipinski definition) is 1. The summed E-state index contributed by atoms with van der Waals surface area (Å²) in [5, 5.41) is 18.7. The highest BCUT2D eigenvalue weighted by Crippen LogP contribution is 2.29. The lowest BCUT2D eigenvalue weighted by Crippen LogP contribution is -2.01. The maximum atomic E-state index is 13.6. The Morgan fingerprint density at radius 1 is 1.33 bits per heavy atom. The van der Waals surface area contributed by atoms with Crippen LogP contribution in [0.5, 0.6) is 0 Å². The van der Waals surface area contributed by atoms with Crippen LogP contribution in [0.2, 0.25) is 0 Å². The fourth-order valence-electron chi connectivity index (χ4n) is 1.29. The molecule has 0 aliphatic rings. The van der Waals surface area contributed by atoms with Crippen molar-refractivity contribution in [1.82, 2.24) is 10.2 Å². The van der Waals surface area contributed by atoms with Crippen LogP contribution in [0.25, 0.3) is 0 Å². The molecule has 4 nitrogen and oxygen atoms in total. The molecule has 0 fully saturated rings. The molecular weight excluding hydrogens is 306 g/mol. The lowest BCUT2D eigenvalue weighted by Gasteiger charge is -2.09. The van der Waals surface area contributed by atoms with Gasteiger partial charge in [0.15, 0.2) is 11.6 Å². The van der Waals surface area contributed by atoms with Gasteiger partial charge in [-0.3, -0.25) is 0 Å². The van der Waals surface area contributed by atoms with Crippen LogP contribution < -0.4 is 5.32 Å². The fourth-order valence-corrected chi connectivity index (χ4v) is 1.80. The number of aromatic nitrogens is 2. The normalized spacial score (nSPS) is 9.89. The third-order valence-corrected chi connectivity index (χ3v) is 2.72. The van der Waals surface area contributed by atoms with Crippen LogP contribution in [0.3, 0.4) is 0 Å². The van der Waals surface area contributed by atoms with Crippen LogP contribution in [-0.4, -0.2) is 10.2 Å². The van der Waals surface area contributed by atoms with Crippen molar-refractivity contribution in [2.45, 2.75) is 0 Å². The van der Waals surface area contributed by atoms with E-state index in [4.69, 9.17) is 5.26 Å². The number of benzene rings is 1. The highest BCUT2D eigenvalue weighted by atomic mass is 79.9. The minimum atomic E-state index is -0.795. The van der Waals surface area contributed by atoms with Gasteiger partial charge >= 0.3 is 0 Å². The largest absolute Gasteiger partial charge is 0.334 e. The second-order valence-corrected chi connectivity index (χ2v) is 4.13. The smallest absolute Gasteiger partial charge is 0.171 e. The van der Waals surface area contributed by atoms with Crippen LogP contribution in [0.1, 0.15) is 5.56 Å². The van der Waals surface area contributed by atoms with Crippen LogP contribution >= 0.6 is 15.9 Å². The molecule has 18 heavy (non-hydrogen) atoms. The summed E-state index contributed by atoms with van der Waals surface area (Å²) in [4.78, 5) is 0. The number of anilines is 2. The Kier molecular flexibility index (Phi) is 3.48. The average Bonchev–Trinajstić information content (AvgIpc) is 2.34. The van der Waals surface area contributed by atoms with Crippen molar-refractivity contribution < 1.29 is 8.78 Å². The van der Waals surface area contributed by atoms with Gasteiger partial charge in [-0.1, -0.05) is 0 Å². The lowest BCUT2D eigenvalue weighted by atomic mass is 10.2. The van der Waals surface area contributed by atoms with E-state index in [2.05, 4.69) is 31.4 Å². The molecule has 0 bridgehead atoms. The molecule has 2 rings (SSSR count). The molecular formula is C11H5BrF2N4. The summed E-state index contributed by atoms with van der Waals surface area (Å²) in [5.41, 5.74) is 0.203. The standard InChI is InChI=1S/C11H5BrF2N4/c12-8-3-7(13)4-9(14)10(8)17-11-6(5-15)1-2-16-18-11/h1-4H,(H,17,18). The van der Waals surface area contributed by atoms with E-state index in [0.717, 1.165) is 12.1 Å². The zero-order valence-corrected chi connectivity index (χ0v) is 10.4. The van der Waals surface area contributed by atoms with Crippen molar-refractivity contribution in [2.24, 2.45) is 0 Å². The van der Waals surface area contributed by atoms with Crippen molar-refractivity contribution in [1.29, 1.82) is 5.26 Å². The molecule has 2 aromatic rings. The molecule has 1 N–H and O–H groups in total. The Balaban J connectivity index is 2.44. The van der Waals surface area contributed by atoms with Gasteiger partial charge in [0.25, 0.3) is 0 Å². The molecule has 0 atom stereocenters. The molecule has 1 heterocycles. The second-order valence-electron chi connectivity index (χ2n) is 3.27. The molecule has 0 aliphatic heterocycles. The first-order valence-corrected chi connectivity index (χ1v) is 5.54. The maximum Gasteiger partial charge on any atom is 0.171 e. The van der Waals surface area contributed by atoms with Crippen LogP contribution in [0.15, 0.2) is 28.9 Å². The van der Waals surface area contributed by atoms with E-state index in [1.54, 1.807) is 0 Å². The first-order chi connectivity index (χ1) is 8.61. The fraction of sp³-hybridized carbons (Fsp3) is 0.